The summed E-state index contributed by atoms with van der Waals surface area (Å²) in [5, 5.41) is 4.81. The van der Waals surface area contributed by atoms with Crippen LogP contribution in [0.15, 0.2) is 36.4 Å². The number of hydrogen-bond acceptors (Lipinski definition) is 3. The molecule has 34 heavy (non-hydrogen) atoms. The van der Waals surface area contributed by atoms with E-state index in [0.29, 0.717) is 12.0 Å². The van der Waals surface area contributed by atoms with E-state index in [4.69, 9.17) is 5.73 Å². The molecule has 0 heterocycles. The molecule has 0 saturated carbocycles. The number of carbonyl (C=O) groups excluding carboxylic acids is 1. The van der Waals surface area contributed by atoms with Crippen molar-refractivity contribution >= 4 is 23.0 Å². The van der Waals surface area contributed by atoms with Gasteiger partial charge in [0.15, 0.2) is 5.82 Å². The van der Waals surface area contributed by atoms with Crippen LogP contribution in [0.3, 0.4) is 0 Å². The Labute approximate surface area is 194 Å². The van der Waals surface area contributed by atoms with Gasteiger partial charge in [-0.25, -0.2) is 13.2 Å². The summed E-state index contributed by atoms with van der Waals surface area (Å²) in [5.74, 6) is -2.19. The number of nitrogens with one attached hydrogen (secondary N) is 2. The molecule has 0 aromatic heterocycles. The lowest BCUT2D eigenvalue weighted by molar-refractivity contribution is -0.137. The Morgan fingerprint density at radius 1 is 0.971 bits per heavy atom. The molecule has 0 fully saturated rings. The Kier molecular flexibility index (Phi) is 10.1. The van der Waals surface area contributed by atoms with E-state index in [1.54, 1.807) is 0 Å². The zero-order valence-electron chi connectivity index (χ0n) is 18.8. The number of alkyl halides is 5. The molecule has 2 aromatic rings. The van der Waals surface area contributed by atoms with Gasteiger partial charge in [-0.1, -0.05) is 51.2 Å². The van der Waals surface area contributed by atoms with Crippen LogP contribution < -0.4 is 16.4 Å². The van der Waals surface area contributed by atoms with Gasteiger partial charge in [-0.2, -0.15) is 13.2 Å². The van der Waals surface area contributed by atoms with E-state index in [1.807, 2.05) is 6.92 Å². The molecular formula is C24H29F6N3O. The molecular weight excluding hydrogens is 460 g/mol. The molecule has 1 amide bonds. The number of rotatable bonds is 12. The maximum atomic E-state index is 14.6. The molecule has 0 spiro atoms. The summed E-state index contributed by atoms with van der Waals surface area (Å²) in [6.45, 7) is 2.05. The topological polar surface area (TPSA) is 67.2 Å². The van der Waals surface area contributed by atoms with Crippen LogP contribution in [0.5, 0.6) is 0 Å². The molecule has 188 valence electrons. The lowest BCUT2D eigenvalue weighted by atomic mass is 10.1. The highest BCUT2D eigenvalue weighted by Crippen LogP contribution is 2.31. The first kappa shape index (κ1) is 27.3. The minimum absolute atomic E-state index is 0.00848. The number of carbonyl (C=O) groups is 1. The molecule has 0 saturated heterocycles. The van der Waals surface area contributed by atoms with Crippen LogP contribution in [0.4, 0.5) is 43.4 Å². The third kappa shape index (κ3) is 7.85. The minimum Gasteiger partial charge on any atom is -0.395 e. The Morgan fingerprint density at radius 2 is 1.59 bits per heavy atom. The molecule has 2 atom stereocenters. The van der Waals surface area contributed by atoms with Gasteiger partial charge in [-0.05, 0) is 36.2 Å². The molecule has 2 aromatic carbocycles. The predicted molar refractivity (Wildman–Crippen MR) is 121 cm³/mol. The first-order chi connectivity index (χ1) is 16.0. The van der Waals surface area contributed by atoms with Crippen molar-refractivity contribution < 1.29 is 31.1 Å². The number of anilines is 3. The van der Waals surface area contributed by atoms with E-state index in [2.05, 4.69) is 10.6 Å². The van der Waals surface area contributed by atoms with Gasteiger partial charge in [-0.15, -0.1) is 0 Å². The maximum Gasteiger partial charge on any atom is 0.416 e. The Bertz CT molecular complexity index is 934. The van der Waals surface area contributed by atoms with Crippen molar-refractivity contribution in [1.29, 1.82) is 0 Å². The fourth-order valence-electron chi connectivity index (χ4n) is 3.30. The molecule has 2 rings (SSSR count). The maximum absolute atomic E-state index is 14.6. The highest BCUT2D eigenvalue weighted by atomic mass is 19.4. The summed E-state index contributed by atoms with van der Waals surface area (Å²) in [6.07, 6.45) is -4.76. The van der Waals surface area contributed by atoms with Crippen molar-refractivity contribution in [1.82, 2.24) is 0 Å². The number of unbranched alkanes of at least 4 members (excludes halogenated alkanes) is 4. The van der Waals surface area contributed by atoms with Gasteiger partial charge in [0.25, 0.3) is 5.91 Å². The van der Waals surface area contributed by atoms with E-state index in [-0.39, 0.29) is 24.3 Å². The van der Waals surface area contributed by atoms with Crippen LogP contribution in [-0.4, -0.2) is 18.3 Å². The van der Waals surface area contributed by atoms with Crippen molar-refractivity contribution in [3.63, 3.8) is 0 Å². The van der Waals surface area contributed by atoms with Gasteiger partial charge < -0.3 is 16.4 Å². The van der Waals surface area contributed by atoms with E-state index >= 15 is 0 Å². The van der Waals surface area contributed by atoms with Gasteiger partial charge in [0.1, 0.15) is 6.17 Å². The first-order valence-corrected chi connectivity index (χ1v) is 11.1. The molecule has 0 unspecified atom stereocenters. The molecule has 4 N–H and O–H groups in total. The Morgan fingerprint density at radius 3 is 2.21 bits per heavy atom. The molecule has 0 bridgehead atoms. The van der Waals surface area contributed by atoms with Crippen LogP contribution in [0.2, 0.25) is 0 Å². The zero-order chi connectivity index (χ0) is 25.3. The second kappa shape index (κ2) is 12.5. The molecule has 0 aliphatic carbocycles. The fourth-order valence-corrected chi connectivity index (χ4v) is 3.30. The lowest BCUT2D eigenvalue weighted by Gasteiger charge is -2.16. The summed E-state index contributed by atoms with van der Waals surface area (Å²) < 4.78 is 80.7. The number of halogens is 6. The van der Waals surface area contributed by atoms with E-state index in [1.165, 1.54) is 24.3 Å². The van der Waals surface area contributed by atoms with Crippen LogP contribution in [0.25, 0.3) is 0 Å². The number of nitrogens with two attached hydrogens (primary N) is 1. The summed E-state index contributed by atoms with van der Waals surface area (Å²) in [4.78, 5) is 12.0. The second-order valence-electron chi connectivity index (χ2n) is 8.05. The van der Waals surface area contributed by atoms with Gasteiger partial charge in [0.05, 0.1) is 22.6 Å². The van der Waals surface area contributed by atoms with Gasteiger partial charge >= 0.3 is 6.18 Å². The highest BCUT2D eigenvalue weighted by Gasteiger charge is 2.30. The normalized spacial score (nSPS) is 13.4. The molecule has 4 nitrogen and oxygen atoms in total. The van der Waals surface area contributed by atoms with E-state index in [9.17, 15) is 31.1 Å². The Hall–Kier alpha value is -2.91. The van der Waals surface area contributed by atoms with Crippen LogP contribution in [0, 0.1) is 5.82 Å². The average Bonchev–Trinajstić information content (AvgIpc) is 2.80. The third-order valence-corrected chi connectivity index (χ3v) is 5.35. The summed E-state index contributed by atoms with van der Waals surface area (Å²) in [6, 6.07) is 6.80. The van der Waals surface area contributed by atoms with Crippen LogP contribution in [-0.2, 0) is 17.5 Å². The van der Waals surface area contributed by atoms with Crippen molar-refractivity contribution in [2.45, 2.75) is 70.5 Å². The Balaban J connectivity index is 1.93. The first-order valence-electron chi connectivity index (χ1n) is 11.1. The van der Waals surface area contributed by atoms with Crippen molar-refractivity contribution in [2.24, 2.45) is 0 Å². The SMILES string of the molecule is CCCCCCC[C@H](F)[C@H](F)C(=O)Nc1ccc(NCc2ccc(C(F)(F)F)cc2)c(F)c1N. The smallest absolute Gasteiger partial charge is 0.395 e. The molecule has 10 heteroatoms. The average molecular weight is 490 g/mol. The van der Waals surface area contributed by atoms with Gasteiger partial charge in [0, 0.05) is 6.54 Å². The van der Waals surface area contributed by atoms with Crippen LogP contribution in [0.1, 0.15) is 56.6 Å². The van der Waals surface area contributed by atoms with E-state index in [0.717, 1.165) is 37.8 Å². The third-order valence-electron chi connectivity index (χ3n) is 5.35. The monoisotopic (exact) mass is 489 g/mol. The molecule has 0 aliphatic heterocycles. The lowest BCUT2D eigenvalue weighted by Crippen LogP contribution is -2.32. The van der Waals surface area contributed by atoms with Crippen molar-refractivity contribution in [2.75, 3.05) is 16.4 Å². The van der Waals surface area contributed by atoms with Gasteiger partial charge in [-0.3, -0.25) is 4.79 Å². The summed E-state index contributed by atoms with van der Waals surface area (Å²) in [5.41, 5.74) is 4.61. The van der Waals surface area contributed by atoms with Crippen molar-refractivity contribution in [3.05, 3.63) is 53.3 Å². The van der Waals surface area contributed by atoms with Crippen molar-refractivity contribution in [3.8, 4) is 0 Å². The molecule has 0 aliphatic rings. The zero-order valence-corrected chi connectivity index (χ0v) is 18.8. The quantitative estimate of drug-likeness (QED) is 0.171. The second-order valence-corrected chi connectivity index (χ2v) is 8.05. The number of amides is 1. The van der Waals surface area contributed by atoms with Gasteiger partial charge in [0.2, 0.25) is 6.17 Å². The highest BCUT2D eigenvalue weighted by molar-refractivity contribution is 5.97. The number of benzene rings is 2. The standard InChI is InChI=1S/C24H29F6N3O/c1-2-3-4-5-6-7-17(25)20(26)23(34)33-19-13-12-18(21(27)22(19)31)32-14-15-8-10-16(11-9-15)24(28,29)30/h8-13,17,20,32H,2-7,14,31H2,1H3,(H,33,34)/t17-,20-/m0/s1. The van der Waals surface area contributed by atoms with Crippen LogP contribution >= 0.6 is 0 Å². The van der Waals surface area contributed by atoms with E-state index < -0.39 is 41.5 Å². The number of hydrogen-bond donors (Lipinski definition) is 3. The summed E-state index contributed by atoms with van der Waals surface area (Å²) >= 11 is 0. The largest absolute Gasteiger partial charge is 0.416 e. The minimum atomic E-state index is -4.46. The molecule has 0 radical (unpaired) electrons. The predicted octanol–water partition coefficient (Wildman–Crippen LogP) is 7.01. The fraction of sp³-hybridized carbons (Fsp3) is 0.458. The summed E-state index contributed by atoms with van der Waals surface area (Å²) in [7, 11) is 0. The number of nitrogen functional groups attached to an aromatic ring is 1.